The van der Waals surface area contributed by atoms with Crippen LogP contribution in [0.2, 0.25) is 5.02 Å². The second kappa shape index (κ2) is 6.01. The Morgan fingerprint density at radius 1 is 1.25 bits per heavy atom. The zero-order valence-corrected chi connectivity index (χ0v) is 12.7. The average molecular weight is 317 g/mol. The zero-order chi connectivity index (χ0) is 14.8. The number of rotatable bonds is 2. The first-order valence-corrected chi connectivity index (χ1v) is 8.70. The van der Waals surface area contributed by atoms with E-state index < -0.39 is 9.84 Å². The van der Waals surface area contributed by atoms with E-state index in [-0.39, 0.29) is 11.3 Å². The summed E-state index contributed by atoms with van der Waals surface area (Å²) >= 11 is 5.78. The highest BCUT2D eigenvalue weighted by atomic mass is 35.5. The molecule has 0 radical (unpaired) electrons. The molecule has 0 spiro atoms. The number of sulfone groups is 1. The van der Waals surface area contributed by atoms with Crippen LogP contribution >= 0.6 is 11.6 Å². The van der Waals surface area contributed by atoms with Crippen molar-refractivity contribution in [1.29, 1.82) is 0 Å². The fourth-order valence-corrected chi connectivity index (χ4v) is 3.42. The summed E-state index contributed by atoms with van der Waals surface area (Å²) in [5.41, 5.74) is 0.671. The van der Waals surface area contributed by atoms with Gasteiger partial charge in [-0.15, -0.1) is 0 Å². The summed E-state index contributed by atoms with van der Waals surface area (Å²) in [5.74, 6) is 0. The third kappa shape index (κ3) is 3.86. The van der Waals surface area contributed by atoms with Crippen molar-refractivity contribution in [1.82, 2.24) is 4.90 Å². The number of hydrogen-bond acceptors (Lipinski definition) is 3. The van der Waals surface area contributed by atoms with Crippen LogP contribution in [0.25, 0.3) is 0 Å². The largest absolute Gasteiger partial charge is 0.324 e. The summed E-state index contributed by atoms with van der Waals surface area (Å²) < 4.78 is 22.9. The Kier molecular flexibility index (Phi) is 4.55. The van der Waals surface area contributed by atoms with Gasteiger partial charge in [0.1, 0.15) is 9.84 Å². The van der Waals surface area contributed by atoms with E-state index in [1.807, 2.05) is 0 Å². The van der Waals surface area contributed by atoms with E-state index in [9.17, 15) is 13.2 Å². The number of nitrogens with zero attached hydrogens (tertiary/aromatic N) is 1. The molecule has 1 aliphatic rings. The molecular formula is C13H17ClN2O3S. The van der Waals surface area contributed by atoms with Gasteiger partial charge in [0.05, 0.1) is 5.25 Å². The monoisotopic (exact) mass is 316 g/mol. The van der Waals surface area contributed by atoms with Crippen LogP contribution in [0.5, 0.6) is 0 Å². The first-order chi connectivity index (χ1) is 9.36. The van der Waals surface area contributed by atoms with E-state index in [0.717, 1.165) is 0 Å². The van der Waals surface area contributed by atoms with Crippen LogP contribution in [-0.4, -0.2) is 43.9 Å². The summed E-state index contributed by atoms with van der Waals surface area (Å²) in [6, 6.07) is 6.65. The predicted octanol–water partition coefficient (Wildman–Crippen LogP) is 2.38. The fraction of sp³-hybridized carbons (Fsp3) is 0.462. The molecule has 0 aliphatic carbocycles. The number of urea groups is 1. The second-order valence-electron chi connectivity index (χ2n) is 4.95. The van der Waals surface area contributed by atoms with Crippen molar-refractivity contribution in [3.05, 3.63) is 29.3 Å². The lowest BCUT2D eigenvalue weighted by molar-refractivity contribution is 0.200. The van der Waals surface area contributed by atoms with Crippen molar-refractivity contribution in [3.63, 3.8) is 0 Å². The lowest BCUT2D eigenvalue weighted by Gasteiger charge is -2.31. The van der Waals surface area contributed by atoms with Crippen LogP contribution in [0.15, 0.2) is 24.3 Å². The summed E-state index contributed by atoms with van der Waals surface area (Å²) in [6.07, 6.45) is 2.24. The Hall–Kier alpha value is -1.27. The van der Waals surface area contributed by atoms with E-state index in [1.54, 1.807) is 29.2 Å². The summed E-state index contributed by atoms with van der Waals surface area (Å²) in [5, 5.41) is 3.05. The molecule has 0 aromatic heterocycles. The minimum Gasteiger partial charge on any atom is -0.324 e. The van der Waals surface area contributed by atoms with Crippen molar-refractivity contribution in [3.8, 4) is 0 Å². The summed E-state index contributed by atoms with van der Waals surface area (Å²) in [6.45, 7) is 0.911. The van der Waals surface area contributed by atoms with Crippen molar-refractivity contribution in [2.75, 3.05) is 24.7 Å². The number of likely N-dealkylation sites (tertiary alicyclic amines) is 1. The lowest BCUT2D eigenvalue weighted by atomic mass is 10.1. The lowest BCUT2D eigenvalue weighted by Crippen LogP contribution is -2.44. The number of benzene rings is 1. The molecule has 0 unspecified atom stereocenters. The van der Waals surface area contributed by atoms with Gasteiger partial charge in [-0.25, -0.2) is 13.2 Å². The van der Waals surface area contributed by atoms with Crippen LogP contribution in [-0.2, 0) is 9.84 Å². The van der Waals surface area contributed by atoms with Crippen molar-refractivity contribution in [2.24, 2.45) is 0 Å². The number of amides is 2. The smallest absolute Gasteiger partial charge is 0.321 e. The van der Waals surface area contributed by atoms with Gasteiger partial charge < -0.3 is 10.2 Å². The molecule has 0 bridgehead atoms. The summed E-state index contributed by atoms with van der Waals surface area (Å²) in [7, 11) is -3.01. The van der Waals surface area contributed by atoms with Gasteiger partial charge in [0.2, 0.25) is 0 Å². The molecule has 0 saturated carbocycles. The molecule has 2 amide bonds. The van der Waals surface area contributed by atoms with Crippen LogP contribution < -0.4 is 5.32 Å². The molecule has 110 valence electrons. The molecule has 1 aliphatic heterocycles. The number of anilines is 1. The Morgan fingerprint density at radius 3 is 2.30 bits per heavy atom. The predicted molar refractivity (Wildman–Crippen MR) is 79.9 cm³/mol. The maximum Gasteiger partial charge on any atom is 0.321 e. The van der Waals surface area contributed by atoms with Gasteiger partial charge in [0, 0.05) is 30.1 Å². The Bertz CT molecular complexity index is 578. The maximum atomic E-state index is 12.0. The molecule has 1 saturated heterocycles. The number of hydrogen-bond donors (Lipinski definition) is 1. The molecule has 5 nitrogen and oxygen atoms in total. The molecule has 7 heteroatoms. The normalized spacial score (nSPS) is 17.0. The molecule has 1 aromatic rings. The van der Waals surface area contributed by atoms with Gasteiger partial charge in [0.25, 0.3) is 0 Å². The second-order valence-corrected chi connectivity index (χ2v) is 7.72. The SMILES string of the molecule is CS(=O)(=O)C1CCN(C(=O)Nc2ccc(Cl)cc2)CC1. The Morgan fingerprint density at radius 2 is 1.80 bits per heavy atom. The molecule has 2 rings (SSSR count). The fourth-order valence-electron chi connectivity index (χ4n) is 2.22. The first kappa shape index (κ1) is 15.1. The molecular weight excluding hydrogens is 300 g/mol. The number of carbonyl (C=O) groups excluding carboxylic acids is 1. The molecule has 20 heavy (non-hydrogen) atoms. The standard InChI is InChI=1S/C13H17ClN2O3S/c1-20(18,19)12-6-8-16(9-7-12)13(17)15-11-4-2-10(14)3-5-11/h2-5,12H,6-9H2,1H3,(H,15,17). The van der Waals surface area contributed by atoms with Crippen LogP contribution in [0.1, 0.15) is 12.8 Å². The molecule has 1 heterocycles. The molecule has 1 N–H and O–H groups in total. The third-order valence-corrected chi connectivity index (χ3v) is 5.36. The van der Waals surface area contributed by atoms with Gasteiger partial charge >= 0.3 is 6.03 Å². The van der Waals surface area contributed by atoms with E-state index >= 15 is 0 Å². The first-order valence-electron chi connectivity index (χ1n) is 6.36. The minimum absolute atomic E-state index is 0.209. The highest BCUT2D eigenvalue weighted by molar-refractivity contribution is 7.91. The molecule has 1 fully saturated rings. The highest BCUT2D eigenvalue weighted by Crippen LogP contribution is 2.19. The number of nitrogens with one attached hydrogen (secondary N) is 1. The number of piperidine rings is 1. The van der Waals surface area contributed by atoms with Gasteiger partial charge in [-0.2, -0.15) is 0 Å². The van der Waals surface area contributed by atoms with Gasteiger partial charge in [0.15, 0.2) is 0 Å². The zero-order valence-electron chi connectivity index (χ0n) is 11.2. The van der Waals surface area contributed by atoms with E-state index in [4.69, 9.17) is 11.6 Å². The summed E-state index contributed by atoms with van der Waals surface area (Å²) in [4.78, 5) is 13.7. The Balaban J connectivity index is 1.90. The van der Waals surface area contributed by atoms with Crippen molar-refractivity contribution >= 4 is 33.2 Å². The van der Waals surface area contributed by atoms with Crippen molar-refractivity contribution in [2.45, 2.75) is 18.1 Å². The average Bonchev–Trinajstić information content (AvgIpc) is 2.40. The van der Waals surface area contributed by atoms with Gasteiger partial charge in [-0.1, -0.05) is 11.6 Å². The maximum absolute atomic E-state index is 12.0. The van der Waals surface area contributed by atoms with Crippen LogP contribution in [0.4, 0.5) is 10.5 Å². The van der Waals surface area contributed by atoms with E-state index in [1.165, 1.54) is 6.26 Å². The number of carbonyl (C=O) groups is 1. The molecule has 1 aromatic carbocycles. The van der Waals surface area contributed by atoms with E-state index in [2.05, 4.69) is 5.32 Å². The van der Waals surface area contributed by atoms with Gasteiger partial charge in [-0.05, 0) is 37.1 Å². The van der Waals surface area contributed by atoms with Gasteiger partial charge in [-0.3, -0.25) is 0 Å². The third-order valence-electron chi connectivity index (χ3n) is 3.43. The van der Waals surface area contributed by atoms with Crippen LogP contribution in [0, 0.1) is 0 Å². The van der Waals surface area contributed by atoms with E-state index in [0.29, 0.717) is 36.6 Å². The topological polar surface area (TPSA) is 66.5 Å². The highest BCUT2D eigenvalue weighted by Gasteiger charge is 2.28. The van der Waals surface area contributed by atoms with Crippen molar-refractivity contribution < 1.29 is 13.2 Å². The number of halogens is 1. The van der Waals surface area contributed by atoms with Crippen LogP contribution in [0.3, 0.4) is 0 Å². The molecule has 0 atom stereocenters. The Labute approximate surface area is 123 Å². The minimum atomic E-state index is -3.01. The quantitative estimate of drug-likeness (QED) is 0.911.